The van der Waals surface area contributed by atoms with E-state index < -0.39 is 5.97 Å². The van der Waals surface area contributed by atoms with Crippen molar-refractivity contribution in [2.45, 2.75) is 19.6 Å². The Bertz CT molecular complexity index is 620. The van der Waals surface area contributed by atoms with Gasteiger partial charge in [0.05, 0.1) is 20.3 Å². The molecular weight excluding hydrogens is 284 g/mol. The molecule has 0 aliphatic carbocycles. The van der Waals surface area contributed by atoms with Crippen LogP contribution in [0.5, 0.6) is 0 Å². The second kappa shape index (κ2) is 7.72. The van der Waals surface area contributed by atoms with Gasteiger partial charge in [-0.25, -0.2) is 4.79 Å². The Hall–Kier alpha value is -2.18. The lowest BCUT2D eigenvalue weighted by Gasteiger charge is -2.04. The molecule has 0 amide bonds. The third-order valence-electron chi connectivity index (χ3n) is 3.29. The highest BCUT2D eigenvalue weighted by Crippen LogP contribution is 2.12. The third-order valence-corrected chi connectivity index (χ3v) is 3.29. The van der Waals surface area contributed by atoms with Crippen molar-refractivity contribution in [2.75, 3.05) is 20.8 Å². The highest BCUT2D eigenvalue weighted by molar-refractivity contribution is 5.90. The standard InChI is InChI=1S/C16H20N2O4/c1-21-11-15-14(16(20)22-2)10-18(17-15)9-13-5-3-12(4-6-13)7-8-19/h3-6,10,19H,7-9,11H2,1-2H3. The van der Waals surface area contributed by atoms with E-state index >= 15 is 0 Å². The average Bonchev–Trinajstić information content (AvgIpc) is 2.92. The highest BCUT2D eigenvalue weighted by Gasteiger charge is 2.16. The molecule has 1 aromatic heterocycles. The van der Waals surface area contributed by atoms with Gasteiger partial charge in [-0.3, -0.25) is 4.68 Å². The first-order valence-electron chi connectivity index (χ1n) is 7.00. The van der Waals surface area contributed by atoms with E-state index in [2.05, 4.69) is 5.10 Å². The number of methoxy groups -OCH3 is 2. The molecule has 22 heavy (non-hydrogen) atoms. The Kier molecular flexibility index (Phi) is 5.68. The van der Waals surface area contributed by atoms with Gasteiger partial charge in [0.2, 0.25) is 0 Å². The molecule has 118 valence electrons. The lowest BCUT2D eigenvalue weighted by atomic mass is 10.1. The van der Waals surface area contributed by atoms with E-state index in [0.717, 1.165) is 11.1 Å². The van der Waals surface area contributed by atoms with Gasteiger partial charge >= 0.3 is 5.97 Å². The smallest absolute Gasteiger partial charge is 0.341 e. The molecule has 0 atom stereocenters. The summed E-state index contributed by atoms with van der Waals surface area (Å²) >= 11 is 0. The Labute approximate surface area is 129 Å². The van der Waals surface area contributed by atoms with Crippen molar-refractivity contribution in [3.8, 4) is 0 Å². The second-order valence-corrected chi connectivity index (χ2v) is 4.90. The van der Waals surface area contributed by atoms with Crippen LogP contribution in [0.2, 0.25) is 0 Å². The Morgan fingerprint density at radius 3 is 2.50 bits per heavy atom. The average molecular weight is 304 g/mol. The van der Waals surface area contributed by atoms with Gasteiger partial charge < -0.3 is 14.6 Å². The van der Waals surface area contributed by atoms with E-state index in [1.807, 2.05) is 24.3 Å². The molecule has 0 unspecified atom stereocenters. The summed E-state index contributed by atoms with van der Waals surface area (Å²) in [6.07, 6.45) is 2.31. The van der Waals surface area contributed by atoms with Gasteiger partial charge in [0, 0.05) is 19.9 Å². The van der Waals surface area contributed by atoms with Crippen molar-refractivity contribution < 1.29 is 19.4 Å². The molecule has 1 aromatic carbocycles. The van der Waals surface area contributed by atoms with Crippen LogP contribution in [0.4, 0.5) is 0 Å². The molecule has 1 heterocycles. The van der Waals surface area contributed by atoms with Crippen molar-refractivity contribution in [1.29, 1.82) is 0 Å². The Morgan fingerprint density at radius 1 is 1.23 bits per heavy atom. The third kappa shape index (κ3) is 3.93. The monoisotopic (exact) mass is 304 g/mol. The van der Waals surface area contributed by atoms with E-state index in [-0.39, 0.29) is 13.2 Å². The summed E-state index contributed by atoms with van der Waals surface area (Å²) < 4.78 is 11.5. The number of carbonyl (C=O) groups excluding carboxylic acids is 1. The Balaban J connectivity index is 2.16. The summed E-state index contributed by atoms with van der Waals surface area (Å²) in [5.74, 6) is -0.420. The number of ether oxygens (including phenoxy) is 2. The van der Waals surface area contributed by atoms with Crippen LogP contribution in [-0.2, 0) is 29.0 Å². The van der Waals surface area contributed by atoms with E-state index in [0.29, 0.717) is 24.2 Å². The van der Waals surface area contributed by atoms with Crippen LogP contribution >= 0.6 is 0 Å². The minimum atomic E-state index is -0.420. The Morgan fingerprint density at radius 2 is 1.91 bits per heavy atom. The molecule has 0 spiro atoms. The molecule has 0 aliphatic rings. The van der Waals surface area contributed by atoms with Gasteiger partial charge in [-0.2, -0.15) is 5.10 Å². The van der Waals surface area contributed by atoms with Gasteiger partial charge in [0.25, 0.3) is 0 Å². The molecule has 0 bridgehead atoms. The molecule has 2 rings (SSSR count). The van der Waals surface area contributed by atoms with Gasteiger partial charge in [-0.1, -0.05) is 24.3 Å². The molecule has 0 fully saturated rings. The maximum absolute atomic E-state index is 11.7. The quantitative estimate of drug-likeness (QED) is 0.783. The normalized spacial score (nSPS) is 10.7. The number of aliphatic hydroxyl groups is 1. The van der Waals surface area contributed by atoms with Gasteiger partial charge in [-0.05, 0) is 17.5 Å². The number of hydrogen-bond acceptors (Lipinski definition) is 5. The summed E-state index contributed by atoms with van der Waals surface area (Å²) in [5, 5.41) is 13.3. The van der Waals surface area contributed by atoms with Gasteiger partial charge in [0.15, 0.2) is 0 Å². The van der Waals surface area contributed by atoms with Crippen LogP contribution in [0.3, 0.4) is 0 Å². The summed E-state index contributed by atoms with van der Waals surface area (Å²) in [6.45, 7) is 0.946. The number of benzene rings is 1. The second-order valence-electron chi connectivity index (χ2n) is 4.90. The van der Waals surface area contributed by atoms with Crippen LogP contribution in [0.1, 0.15) is 27.2 Å². The summed E-state index contributed by atoms with van der Waals surface area (Å²) in [7, 11) is 2.90. The van der Waals surface area contributed by atoms with E-state index in [9.17, 15) is 4.79 Å². The minimum absolute atomic E-state index is 0.140. The van der Waals surface area contributed by atoms with Crippen LogP contribution in [-0.4, -0.2) is 41.7 Å². The number of nitrogens with zero attached hydrogens (tertiary/aromatic N) is 2. The summed E-state index contributed by atoms with van der Waals surface area (Å²) in [6, 6.07) is 7.93. The molecular formula is C16H20N2O4. The zero-order valence-electron chi connectivity index (χ0n) is 12.8. The van der Waals surface area contributed by atoms with Crippen molar-refractivity contribution in [3.63, 3.8) is 0 Å². The molecule has 2 aromatic rings. The van der Waals surface area contributed by atoms with Crippen molar-refractivity contribution in [3.05, 3.63) is 52.8 Å². The van der Waals surface area contributed by atoms with E-state index in [4.69, 9.17) is 14.6 Å². The van der Waals surface area contributed by atoms with Gasteiger partial charge in [0.1, 0.15) is 11.3 Å². The molecule has 6 heteroatoms. The van der Waals surface area contributed by atoms with Crippen molar-refractivity contribution in [2.24, 2.45) is 0 Å². The number of carbonyl (C=O) groups is 1. The lowest BCUT2D eigenvalue weighted by Crippen LogP contribution is -2.04. The van der Waals surface area contributed by atoms with Crippen molar-refractivity contribution >= 4 is 5.97 Å². The van der Waals surface area contributed by atoms with Crippen molar-refractivity contribution in [1.82, 2.24) is 9.78 Å². The zero-order chi connectivity index (χ0) is 15.9. The molecule has 0 saturated carbocycles. The number of aliphatic hydroxyl groups excluding tert-OH is 1. The molecule has 0 saturated heterocycles. The molecule has 1 N–H and O–H groups in total. The van der Waals surface area contributed by atoms with Crippen LogP contribution in [0, 0.1) is 0 Å². The fourth-order valence-electron chi connectivity index (χ4n) is 2.19. The molecule has 0 radical (unpaired) electrons. The van der Waals surface area contributed by atoms with E-state index in [1.54, 1.807) is 18.0 Å². The number of rotatable bonds is 7. The predicted molar refractivity (Wildman–Crippen MR) is 80.6 cm³/mol. The first kappa shape index (κ1) is 16.2. The predicted octanol–water partition coefficient (Wildman–Crippen LogP) is 1.40. The zero-order valence-corrected chi connectivity index (χ0v) is 12.8. The first-order valence-corrected chi connectivity index (χ1v) is 7.00. The minimum Gasteiger partial charge on any atom is -0.465 e. The maximum Gasteiger partial charge on any atom is 0.341 e. The largest absolute Gasteiger partial charge is 0.465 e. The number of esters is 1. The molecule has 6 nitrogen and oxygen atoms in total. The van der Waals surface area contributed by atoms with Crippen LogP contribution in [0.15, 0.2) is 30.5 Å². The fourth-order valence-corrected chi connectivity index (χ4v) is 2.19. The lowest BCUT2D eigenvalue weighted by molar-refractivity contribution is 0.0595. The number of aromatic nitrogens is 2. The van der Waals surface area contributed by atoms with Gasteiger partial charge in [-0.15, -0.1) is 0 Å². The number of hydrogen-bond donors (Lipinski definition) is 1. The maximum atomic E-state index is 11.7. The SMILES string of the molecule is COCc1nn(Cc2ccc(CCO)cc2)cc1C(=O)OC. The van der Waals surface area contributed by atoms with E-state index in [1.165, 1.54) is 7.11 Å². The molecule has 0 aliphatic heterocycles. The first-order chi connectivity index (χ1) is 10.7. The summed E-state index contributed by atoms with van der Waals surface area (Å²) in [4.78, 5) is 11.7. The van der Waals surface area contributed by atoms with Crippen LogP contribution in [0.25, 0.3) is 0 Å². The highest BCUT2D eigenvalue weighted by atomic mass is 16.5. The topological polar surface area (TPSA) is 73.6 Å². The summed E-state index contributed by atoms with van der Waals surface area (Å²) in [5.41, 5.74) is 3.12. The fraction of sp³-hybridized carbons (Fsp3) is 0.375. The van der Waals surface area contributed by atoms with Crippen LogP contribution < -0.4 is 0 Å².